The van der Waals surface area contributed by atoms with Crippen molar-refractivity contribution in [2.75, 3.05) is 6.54 Å². The molecule has 0 aromatic carbocycles. The zero-order chi connectivity index (χ0) is 10.8. The molecule has 80 valence electrons. The Balaban J connectivity index is 2.76. The summed E-state index contributed by atoms with van der Waals surface area (Å²) in [7, 11) is -3.30. The summed E-state index contributed by atoms with van der Waals surface area (Å²) in [6, 6.07) is 3.43. The van der Waals surface area contributed by atoms with Crippen LogP contribution in [-0.2, 0) is 10.0 Å². The number of rotatable bonds is 4. The van der Waals surface area contributed by atoms with Crippen LogP contribution in [0.3, 0.4) is 0 Å². The van der Waals surface area contributed by atoms with Gasteiger partial charge in [0.1, 0.15) is 4.21 Å². The van der Waals surface area contributed by atoms with Gasteiger partial charge in [0.25, 0.3) is 0 Å². The first-order valence-electron chi connectivity index (χ1n) is 4.12. The molecule has 1 rings (SSSR count). The predicted molar refractivity (Wildman–Crippen MR) is 62.6 cm³/mol. The molecule has 3 nitrogen and oxygen atoms in total. The molecule has 1 unspecified atom stereocenters. The number of thiophene rings is 1. The Morgan fingerprint density at radius 1 is 1.57 bits per heavy atom. The fourth-order valence-corrected chi connectivity index (χ4v) is 3.69. The largest absolute Gasteiger partial charge is 0.250 e. The molecule has 1 N–H and O–H groups in total. The van der Waals surface area contributed by atoms with E-state index in [1.165, 1.54) is 11.3 Å². The number of aryl methyl sites for hydroxylation is 1. The van der Waals surface area contributed by atoms with Crippen molar-refractivity contribution in [1.29, 1.82) is 0 Å². The molecular formula is C8H12BrNO2S2. The van der Waals surface area contributed by atoms with Crippen LogP contribution in [0.5, 0.6) is 0 Å². The lowest BCUT2D eigenvalue weighted by molar-refractivity contribution is 0.584. The molecule has 1 aromatic rings. The van der Waals surface area contributed by atoms with Gasteiger partial charge in [0.05, 0.1) is 0 Å². The Morgan fingerprint density at radius 2 is 2.21 bits per heavy atom. The molecule has 0 spiro atoms. The Labute approximate surface area is 96.7 Å². The Bertz CT molecular complexity index is 397. The summed E-state index contributed by atoms with van der Waals surface area (Å²) >= 11 is 4.56. The predicted octanol–water partition coefficient (Wildman–Crippen LogP) is 2.12. The van der Waals surface area contributed by atoms with E-state index >= 15 is 0 Å². The fourth-order valence-electron chi connectivity index (χ4n) is 0.852. The third-order valence-electron chi connectivity index (χ3n) is 1.54. The Kier molecular flexibility index (Phi) is 4.12. The van der Waals surface area contributed by atoms with E-state index in [2.05, 4.69) is 20.7 Å². The maximum Gasteiger partial charge on any atom is 0.250 e. The number of halogens is 1. The topological polar surface area (TPSA) is 46.2 Å². The third kappa shape index (κ3) is 3.34. The second-order valence-electron chi connectivity index (χ2n) is 3.00. The van der Waals surface area contributed by atoms with E-state index in [0.29, 0.717) is 10.8 Å². The van der Waals surface area contributed by atoms with Crippen molar-refractivity contribution in [3.05, 3.63) is 17.0 Å². The van der Waals surface area contributed by atoms with Gasteiger partial charge < -0.3 is 0 Å². The molecule has 0 bridgehead atoms. The summed E-state index contributed by atoms with van der Waals surface area (Å²) in [5, 5.41) is 0. The van der Waals surface area contributed by atoms with Crippen LogP contribution in [0.2, 0.25) is 0 Å². The number of alkyl halides is 1. The molecule has 1 atom stereocenters. The van der Waals surface area contributed by atoms with Crippen LogP contribution >= 0.6 is 27.3 Å². The van der Waals surface area contributed by atoms with Crippen LogP contribution in [-0.4, -0.2) is 19.8 Å². The molecule has 6 heteroatoms. The number of hydrogen-bond donors (Lipinski definition) is 1. The molecule has 0 aliphatic rings. The molecule has 1 heterocycles. The van der Waals surface area contributed by atoms with Crippen molar-refractivity contribution >= 4 is 37.3 Å². The molecule has 0 amide bonds. The highest BCUT2D eigenvalue weighted by Gasteiger charge is 2.15. The van der Waals surface area contributed by atoms with Gasteiger partial charge in [-0.05, 0) is 19.1 Å². The quantitative estimate of drug-likeness (QED) is 0.866. The van der Waals surface area contributed by atoms with Crippen LogP contribution in [0.1, 0.15) is 11.8 Å². The number of sulfonamides is 1. The van der Waals surface area contributed by atoms with Crippen LogP contribution < -0.4 is 4.72 Å². The fraction of sp³-hybridized carbons (Fsp3) is 0.500. The van der Waals surface area contributed by atoms with Crippen LogP contribution in [0.15, 0.2) is 16.3 Å². The van der Waals surface area contributed by atoms with Gasteiger partial charge >= 0.3 is 0 Å². The summed E-state index contributed by atoms with van der Waals surface area (Å²) < 4.78 is 26.2. The van der Waals surface area contributed by atoms with E-state index in [1.54, 1.807) is 12.1 Å². The van der Waals surface area contributed by atoms with Crippen molar-refractivity contribution in [2.24, 2.45) is 0 Å². The van der Waals surface area contributed by atoms with E-state index in [-0.39, 0.29) is 4.83 Å². The van der Waals surface area contributed by atoms with Crippen LogP contribution in [0, 0.1) is 6.92 Å². The van der Waals surface area contributed by atoms with Gasteiger partial charge in [-0.25, -0.2) is 13.1 Å². The molecular weight excluding hydrogens is 286 g/mol. The standard InChI is InChI=1S/C8H12BrNO2S2/c1-6(9)5-10-14(11,12)8-4-3-7(2)13-8/h3-4,6,10H,5H2,1-2H3. The van der Waals surface area contributed by atoms with Gasteiger partial charge in [-0.15, -0.1) is 11.3 Å². The summed E-state index contributed by atoms with van der Waals surface area (Å²) in [6.45, 7) is 4.18. The van der Waals surface area contributed by atoms with E-state index in [4.69, 9.17) is 0 Å². The average Bonchev–Trinajstić information content (AvgIpc) is 2.49. The highest BCUT2D eigenvalue weighted by molar-refractivity contribution is 9.09. The van der Waals surface area contributed by atoms with Crippen LogP contribution in [0.25, 0.3) is 0 Å². The summed E-state index contributed by atoms with van der Waals surface area (Å²) in [4.78, 5) is 1.13. The molecule has 0 saturated carbocycles. The lowest BCUT2D eigenvalue weighted by Gasteiger charge is -2.05. The van der Waals surface area contributed by atoms with E-state index in [9.17, 15) is 8.42 Å². The zero-order valence-corrected chi connectivity index (χ0v) is 11.2. The summed E-state index contributed by atoms with van der Waals surface area (Å²) in [5.41, 5.74) is 0. The lowest BCUT2D eigenvalue weighted by atomic mass is 10.5. The highest BCUT2D eigenvalue weighted by atomic mass is 79.9. The van der Waals surface area contributed by atoms with Crippen molar-refractivity contribution < 1.29 is 8.42 Å². The van der Waals surface area contributed by atoms with Gasteiger partial charge in [0, 0.05) is 16.2 Å². The third-order valence-corrected chi connectivity index (χ3v) is 4.78. The smallest absolute Gasteiger partial charge is 0.209 e. The minimum atomic E-state index is -3.30. The van der Waals surface area contributed by atoms with Crippen molar-refractivity contribution in [1.82, 2.24) is 4.72 Å². The van der Waals surface area contributed by atoms with Gasteiger partial charge in [0.15, 0.2) is 0 Å². The van der Waals surface area contributed by atoms with E-state index in [1.807, 2.05) is 13.8 Å². The van der Waals surface area contributed by atoms with Crippen molar-refractivity contribution in [3.63, 3.8) is 0 Å². The molecule has 0 aliphatic carbocycles. The number of nitrogens with one attached hydrogen (secondary N) is 1. The summed E-state index contributed by atoms with van der Waals surface area (Å²) in [6.07, 6.45) is 0. The molecule has 1 aromatic heterocycles. The van der Waals surface area contributed by atoms with Crippen molar-refractivity contribution in [3.8, 4) is 0 Å². The van der Waals surface area contributed by atoms with Gasteiger partial charge in [-0.3, -0.25) is 0 Å². The molecule has 0 radical (unpaired) electrons. The second kappa shape index (κ2) is 4.74. The Hall–Kier alpha value is 0.0900. The highest BCUT2D eigenvalue weighted by Crippen LogP contribution is 2.20. The second-order valence-corrected chi connectivity index (χ2v) is 7.84. The van der Waals surface area contributed by atoms with Crippen LogP contribution in [0.4, 0.5) is 0 Å². The van der Waals surface area contributed by atoms with E-state index in [0.717, 1.165) is 4.88 Å². The molecule has 0 aliphatic heterocycles. The first-order valence-corrected chi connectivity index (χ1v) is 7.33. The first kappa shape index (κ1) is 12.2. The van der Waals surface area contributed by atoms with Gasteiger partial charge in [-0.1, -0.05) is 22.9 Å². The maximum absolute atomic E-state index is 11.6. The van der Waals surface area contributed by atoms with Gasteiger partial charge in [-0.2, -0.15) is 0 Å². The first-order chi connectivity index (χ1) is 6.42. The normalized spacial score (nSPS) is 14.2. The summed E-state index contributed by atoms with van der Waals surface area (Å²) in [5.74, 6) is 0. The minimum absolute atomic E-state index is 0.137. The molecule has 14 heavy (non-hydrogen) atoms. The van der Waals surface area contributed by atoms with Gasteiger partial charge in [0.2, 0.25) is 10.0 Å². The molecule has 0 fully saturated rings. The molecule has 0 saturated heterocycles. The zero-order valence-electron chi connectivity index (χ0n) is 7.95. The SMILES string of the molecule is Cc1ccc(S(=O)(=O)NCC(C)Br)s1. The van der Waals surface area contributed by atoms with Crippen molar-refractivity contribution in [2.45, 2.75) is 22.9 Å². The number of hydrogen-bond acceptors (Lipinski definition) is 3. The maximum atomic E-state index is 11.6. The average molecular weight is 298 g/mol. The lowest BCUT2D eigenvalue weighted by Crippen LogP contribution is -2.27. The Morgan fingerprint density at radius 3 is 2.64 bits per heavy atom. The minimum Gasteiger partial charge on any atom is -0.209 e. The monoisotopic (exact) mass is 297 g/mol. The van der Waals surface area contributed by atoms with E-state index < -0.39 is 10.0 Å².